The molecule has 1 atom stereocenters. The molecule has 1 aliphatic heterocycles. The van der Waals surface area contributed by atoms with Crippen LogP contribution < -0.4 is 9.47 Å². The summed E-state index contributed by atoms with van der Waals surface area (Å²) < 4.78 is 10.2. The van der Waals surface area contributed by atoms with Crippen molar-refractivity contribution in [3.8, 4) is 11.5 Å². The molecule has 2 rings (SSSR count). The molecule has 74 valence electrons. The Morgan fingerprint density at radius 2 is 2.43 bits per heavy atom. The number of hydrogen-bond donors (Lipinski definition) is 1. The number of hydrogen-bond acceptors (Lipinski definition) is 3. The zero-order valence-electron chi connectivity index (χ0n) is 7.69. The van der Waals surface area contributed by atoms with Crippen molar-refractivity contribution < 1.29 is 19.4 Å². The minimum absolute atomic E-state index is 0.405. The van der Waals surface area contributed by atoms with Crippen molar-refractivity contribution >= 4 is 5.97 Å². The highest BCUT2D eigenvalue weighted by molar-refractivity contribution is 5.74. The van der Waals surface area contributed by atoms with E-state index in [4.69, 9.17) is 14.6 Å². The summed E-state index contributed by atoms with van der Waals surface area (Å²) in [6.45, 7) is 0. The number of carbonyl (C=O) groups is 1. The molecule has 0 aromatic heterocycles. The van der Waals surface area contributed by atoms with Crippen LogP contribution in [0.3, 0.4) is 0 Å². The van der Waals surface area contributed by atoms with Gasteiger partial charge in [-0.1, -0.05) is 0 Å². The van der Waals surface area contributed by atoms with Gasteiger partial charge in [0.25, 0.3) is 0 Å². The van der Waals surface area contributed by atoms with Gasteiger partial charge in [-0.25, -0.2) is 4.79 Å². The van der Waals surface area contributed by atoms with Crippen LogP contribution in [0.1, 0.15) is 5.56 Å². The predicted molar refractivity (Wildman–Crippen MR) is 48.7 cm³/mol. The third kappa shape index (κ3) is 1.39. The molecule has 0 bridgehead atoms. The second kappa shape index (κ2) is 3.21. The fourth-order valence-corrected chi connectivity index (χ4v) is 1.49. The first-order valence-corrected chi connectivity index (χ1v) is 4.27. The van der Waals surface area contributed by atoms with Crippen molar-refractivity contribution in [3.05, 3.63) is 23.8 Å². The summed E-state index contributed by atoms with van der Waals surface area (Å²) in [5.74, 6) is 0.428. The molecule has 4 nitrogen and oxygen atoms in total. The number of carboxylic acids is 1. The number of benzene rings is 1. The van der Waals surface area contributed by atoms with Gasteiger partial charge < -0.3 is 14.6 Å². The summed E-state index contributed by atoms with van der Waals surface area (Å²) in [5, 5.41) is 8.76. The third-order valence-electron chi connectivity index (χ3n) is 2.22. The average Bonchev–Trinajstić information content (AvgIpc) is 2.59. The van der Waals surface area contributed by atoms with Crippen LogP contribution in [0.4, 0.5) is 0 Å². The highest BCUT2D eigenvalue weighted by Gasteiger charge is 2.28. The molecule has 0 amide bonds. The monoisotopic (exact) mass is 194 g/mol. The summed E-state index contributed by atoms with van der Waals surface area (Å²) in [4.78, 5) is 10.7. The van der Waals surface area contributed by atoms with E-state index in [-0.39, 0.29) is 0 Å². The zero-order chi connectivity index (χ0) is 10.1. The molecule has 0 saturated carbocycles. The summed E-state index contributed by atoms with van der Waals surface area (Å²) >= 11 is 0. The van der Waals surface area contributed by atoms with Crippen molar-refractivity contribution in [1.82, 2.24) is 0 Å². The highest BCUT2D eigenvalue weighted by Crippen LogP contribution is 2.31. The Hall–Kier alpha value is -1.71. The molecule has 0 radical (unpaired) electrons. The number of rotatable bonds is 2. The molecule has 1 heterocycles. The molecule has 14 heavy (non-hydrogen) atoms. The van der Waals surface area contributed by atoms with Crippen LogP contribution in [-0.2, 0) is 11.2 Å². The second-order valence-electron chi connectivity index (χ2n) is 3.12. The lowest BCUT2D eigenvalue weighted by atomic mass is 10.1. The average molecular weight is 194 g/mol. The maximum atomic E-state index is 10.7. The largest absolute Gasteiger partial charge is 0.497 e. The molecule has 0 saturated heterocycles. The fourth-order valence-electron chi connectivity index (χ4n) is 1.49. The van der Waals surface area contributed by atoms with Gasteiger partial charge in [0.1, 0.15) is 11.5 Å². The quantitative estimate of drug-likeness (QED) is 0.765. The standard InChI is InChI=1S/C10H10O4/c1-13-7-2-3-8-6(4-7)5-9(14-8)10(11)12/h2-4,9H,5H2,1H3,(H,11,12)/t9-/m0/s1. The Bertz CT molecular complexity index is 372. The van der Waals surface area contributed by atoms with E-state index in [2.05, 4.69) is 0 Å². The minimum Gasteiger partial charge on any atom is -0.497 e. The van der Waals surface area contributed by atoms with E-state index in [1.54, 1.807) is 25.3 Å². The zero-order valence-corrected chi connectivity index (χ0v) is 7.69. The van der Waals surface area contributed by atoms with Gasteiger partial charge in [0.05, 0.1) is 7.11 Å². The molecular formula is C10H10O4. The van der Waals surface area contributed by atoms with E-state index in [0.717, 1.165) is 11.3 Å². The highest BCUT2D eigenvalue weighted by atomic mass is 16.5. The Kier molecular flexibility index (Phi) is 2.04. The van der Waals surface area contributed by atoms with Gasteiger partial charge >= 0.3 is 5.97 Å². The molecule has 1 aliphatic rings. The van der Waals surface area contributed by atoms with Crippen molar-refractivity contribution in [2.45, 2.75) is 12.5 Å². The molecular weight excluding hydrogens is 184 g/mol. The van der Waals surface area contributed by atoms with Gasteiger partial charge in [0, 0.05) is 12.0 Å². The van der Waals surface area contributed by atoms with Gasteiger partial charge in [-0.2, -0.15) is 0 Å². The Morgan fingerprint density at radius 1 is 1.64 bits per heavy atom. The van der Waals surface area contributed by atoms with Crippen molar-refractivity contribution in [3.63, 3.8) is 0 Å². The lowest BCUT2D eigenvalue weighted by molar-refractivity contribution is -0.144. The summed E-state index contributed by atoms with van der Waals surface area (Å²) in [5.41, 5.74) is 0.886. The summed E-state index contributed by atoms with van der Waals surface area (Å²) in [7, 11) is 1.58. The summed E-state index contributed by atoms with van der Waals surface area (Å²) in [6.07, 6.45) is -0.348. The van der Waals surface area contributed by atoms with Gasteiger partial charge in [0.2, 0.25) is 0 Å². The molecule has 0 aliphatic carbocycles. The van der Waals surface area contributed by atoms with Gasteiger partial charge in [0.15, 0.2) is 6.10 Å². The number of fused-ring (bicyclic) bond motifs is 1. The molecule has 0 fully saturated rings. The van der Waals surface area contributed by atoms with Crippen LogP contribution in [0.2, 0.25) is 0 Å². The summed E-state index contributed by atoms with van der Waals surface area (Å²) in [6, 6.07) is 5.29. The van der Waals surface area contributed by atoms with Gasteiger partial charge in [-0.15, -0.1) is 0 Å². The lowest BCUT2D eigenvalue weighted by Gasteiger charge is -2.03. The van der Waals surface area contributed by atoms with Gasteiger partial charge in [-0.05, 0) is 18.2 Å². The fraction of sp³-hybridized carbons (Fsp3) is 0.300. The first kappa shape index (κ1) is 8.87. The molecule has 0 spiro atoms. The van der Waals surface area contributed by atoms with E-state index in [9.17, 15) is 4.79 Å². The van der Waals surface area contributed by atoms with Crippen LogP contribution >= 0.6 is 0 Å². The Balaban J connectivity index is 2.27. The number of methoxy groups -OCH3 is 1. The number of ether oxygens (including phenoxy) is 2. The van der Waals surface area contributed by atoms with Crippen LogP contribution in [0.25, 0.3) is 0 Å². The van der Waals surface area contributed by atoms with Crippen LogP contribution in [-0.4, -0.2) is 24.3 Å². The first-order chi connectivity index (χ1) is 6.70. The van der Waals surface area contributed by atoms with Crippen molar-refractivity contribution in [2.24, 2.45) is 0 Å². The number of aliphatic carboxylic acids is 1. The van der Waals surface area contributed by atoms with Crippen LogP contribution in [0.15, 0.2) is 18.2 Å². The maximum absolute atomic E-state index is 10.7. The predicted octanol–water partition coefficient (Wildman–Crippen LogP) is 1.08. The van der Waals surface area contributed by atoms with Crippen LogP contribution in [0, 0.1) is 0 Å². The van der Waals surface area contributed by atoms with Crippen molar-refractivity contribution in [1.29, 1.82) is 0 Å². The normalized spacial score (nSPS) is 18.5. The molecule has 1 aromatic carbocycles. The topological polar surface area (TPSA) is 55.8 Å². The van der Waals surface area contributed by atoms with Crippen LogP contribution in [0.5, 0.6) is 11.5 Å². The maximum Gasteiger partial charge on any atom is 0.345 e. The third-order valence-corrected chi connectivity index (χ3v) is 2.22. The Morgan fingerprint density at radius 3 is 3.07 bits per heavy atom. The van der Waals surface area contributed by atoms with E-state index >= 15 is 0 Å². The SMILES string of the molecule is COc1ccc2c(c1)C[C@@H](C(=O)O)O2. The van der Waals surface area contributed by atoms with E-state index < -0.39 is 12.1 Å². The molecule has 1 N–H and O–H groups in total. The molecule has 4 heteroatoms. The van der Waals surface area contributed by atoms with E-state index in [0.29, 0.717) is 12.2 Å². The Labute approximate surface area is 81.1 Å². The van der Waals surface area contributed by atoms with E-state index in [1.165, 1.54) is 0 Å². The smallest absolute Gasteiger partial charge is 0.345 e. The molecule has 0 unspecified atom stereocenters. The molecule has 1 aromatic rings. The lowest BCUT2D eigenvalue weighted by Crippen LogP contribution is -2.24. The van der Waals surface area contributed by atoms with Gasteiger partial charge in [-0.3, -0.25) is 0 Å². The number of carboxylic acid groups (broad SMARTS) is 1. The second-order valence-corrected chi connectivity index (χ2v) is 3.12. The minimum atomic E-state index is -0.930. The first-order valence-electron chi connectivity index (χ1n) is 4.27. The van der Waals surface area contributed by atoms with Crippen molar-refractivity contribution in [2.75, 3.05) is 7.11 Å². The van der Waals surface area contributed by atoms with E-state index in [1.807, 2.05) is 0 Å².